The van der Waals surface area contributed by atoms with Gasteiger partial charge in [0.05, 0.1) is 29.2 Å². The maximum Gasteiger partial charge on any atom is 0.230 e. The first kappa shape index (κ1) is 16.7. The van der Waals surface area contributed by atoms with Gasteiger partial charge in [0, 0.05) is 37.9 Å². The van der Waals surface area contributed by atoms with E-state index in [1.807, 2.05) is 31.3 Å². The Labute approximate surface area is 152 Å². The number of carbonyl (C=O) groups excluding carboxylic acids is 1. The van der Waals surface area contributed by atoms with Gasteiger partial charge in [-0.25, -0.2) is 9.97 Å². The second-order valence-corrected chi connectivity index (χ2v) is 8.45. The van der Waals surface area contributed by atoms with E-state index in [2.05, 4.69) is 24.8 Å². The number of hydrogen-bond acceptors (Lipinski definition) is 5. The van der Waals surface area contributed by atoms with Crippen LogP contribution < -0.4 is 0 Å². The molecule has 2 aromatic heterocycles. The minimum absolute atomic E-state index is 0.200. The molecule has 0 aliphatic carbocycles. The van der Waals surface area contributed by atoms with Crippen molar-refractivity contribution in [3.05, 3.63) is 34.3 Å². The number of hydrogen-bond donors (Lipinski definition) is 0. The Morgan fingerprint density at radius 3 is 2.88 bits per heavy atom. The predicted octanol–water partition coefficient (Wildman–Crippen LogP) is 2.20. The Kier molecular flexibility index (Phi) is 4.37. The van der Waals surface area contributed by atoms with E-state index in [9.17, 15) is 4.79 Å². The molecule has 0 saturated carbocycles. The summed E-state index contributed by atoms with van der Waals surface area (Å²) in [6, 6.07) is 0. The number of imidazole rings is 1. The summed E-state index contributed by atoms with van der Waals surface area (Å²) in [5.74, 6) is 1.39. The minimum Gasteiger partial charge on any atom is -0.337 e. The lowest BCUT2D eigenvalue weighted by atomic mass is 9.78. The SMILES string of the molecule is Cc1nc(CN2CCC3(CCCN(Cc4nccn4C)C3)C2=O)cs1. The highest BCUT2D eigenvalue weighted by atomic mass is 32.1. The molecule has 0 aromatic carbocycles. The van der Waals surface area contributed by atoms with Crippen molar-refractivity contribution in [1.29, 1.82) is 0 Å². The van der Waals surface area contributed by atoms with E-state index in [0.29, 0.717) is 12.5 Å². The summed E-state index contributed by atoms with van der Waals surface area (Å²) in [5.41, 5.74) is 0.822. The van der Waals surface area contributed by atoms with Crippen molar-refractivity contribution >= 4 is 17.2 Å². The molecule has 6 nitrogen and oxygen atoms in total. The van der Waals surface area contributed by atoms with Crippen molar-refractivity contribution in [1.82, 2.24) is 24.3 Å². The third kappa shape index (κ3) is 3.22. The molecule has 0 radical (unpaired) electrons. The smallest absolute Gasteiger partial charge is 0.230 e. The Morgan fingerprint density at radius 2 is 2.16 bits per heavy atom. The molecule has 1 spiro atoms. The topological polar surface area (TPSA) is 54.3 Å². The molecule has 1 amide bonds. The van der Waals surface area contributed by atoms with Gasteiger partial charge in [-0.05, 0) is 32.7 Å². The average molecular weight is 359 g/mol. The number of nitrogens with zero attached hydrogens (tertiary/aromatic N) is 5. The van der Waals surface area contributed by atoms with E-state index in [-0.39, 0.29) is 5.41 Å². The molecular weight excluding hydrogens is 334 g/mol. The highest BCUT2D eigenvalue weighted by Gasteiger charge is 2.48. The lowest BCUT2D eigenvalue weighted by molar-refractivity contribution is -0.139. The van der Waals surface area contributed by atoms with Gasteiger partial charge >= 0.3 is 0 Å². The van der Waals surface area contributed by atoms with Crippen LogP contribution in [0.25, 0.3) is 0 Å². The summed E-state index contributed by atoms with van der Waals surface area (Å²) in [6.45, 7) is 6.25. The number of thiazole rings is 1. The molecular formula is C18H25N5OS. The first-order valence-electron chi connectivity index (χ1n) is 8.95. The number of rotatable bonds is 4. The van der Waals surface area contributed by atoms with Crippen LogP contribution in [0.5, 0.6) is 0 Å². The molecule has 7 heteroatoms. The third-order valence-corrected chi connectivity index (χ3v) is 6.38. The summed E-state index contributed by atoms with van der Waals surface area (Å²) in [7, 11) is 2.03. The second kappa shape index (κ2) is 6.53. The van der Waals surface area contributed by atoms with Crippen LogP contribution in [0.4, 0.5) is 0 Å². The predicted molar refractivity (Wildman–Crippen MR) is 97.0 cm³/mol. The Morgan fingerprint density at radius 1 is 1.28 bits per heavy atom. The standard InChI is InChI=1S/C18H25N5OS/c1-14-20-15(12-25-14)10-23-8-5-18(17(23)24)4-3-7-22(13-18)11-16-19-6-9-21(16)2/h6,9,12H,3-5,7-8,10-11,13H2,1-2H3. The van der Waals surface area contributed by atoms with Crippen LogP contribution in [0, 0.1) is 12.3 Å². The van der Waals surface area contributed by atoms with Crippen LogP contribution in [0.3, 0.4) is 0 Å². The molecule has 2 fully saturated rings. The molecule has 2 aliphatic heterocycles. The van der Waals surface area contributed by atoms with E-state index >= 15 is 0 Å². The fraction of sp³-hybridized carbons (Fsp3) is 0.611. The number of carbonyl (C=O) groups is 1. The van der Waals surface area contributed by atoms with Gasteiger partial charge in [-0.15, -0.1) is 11.3 Å². The Hall–Kier alpha value is -1.73. The van der Waals surface area contributed by atoms with E-state index in [0.717, 1.165) is 62.0 Å². The first-order chi connectivity index (χ1) is 12.1. The van der Waals surface area contributed by atoms with Crippen LogP contribution in [0.15, 0.2) is 17.8 Å². The molecule has 4 heterocycles. The number of likely N-dealkylation sites (tertiary alicyclic amines) is 2. The van der Waals surface area contributed by atoms with E-state index in [4.69, 9.17) is 0 Å². The van der Waals surface area contributed by atoms with Gasteiger partial charge in [0.25, 0.3) is 0 Å². The summed E-state index contributed by atoms with van der Waals surface area (Å²) in [6.07, 6.45) is 6.88. The van der Waals surface area contributed by atoms with Crippen LogP contribution in [0.2, 0.25) is 0 Å². The number of piperidine rings is 1. The molecule has 1 atom stereocenters. The summed E-state index contributed by atoms with van der Waals surface area (Å²) in [5, 5.41) is 3.14. The monoisotopic (exact) mass is 359 g/mol. The van der Waals surface area contributed by atoms with E-state index in [1.165, 1.54) is 0 Å². The Balaban J connectivity index is 1.44. The highest BCUT2D eigenvalue weighted by Crippen LogP contribution is 2.41. The van der Waals surface area contributed by atoms with Crippen molar-refractivity contribution in [3.8, 4) is 0 Å². The number of amides is 1. The fourth-order valence-electron chi connectivity index (χ4n) is 4.21. The molecule has 134 valence electrons. The molecule has 0 bridgehead atoms. The average Bonchev–Trinajstić information content (AvgIpc) is 3.26. The molecule has 2 aromatic rings. The van der Waals surface area contributed by atoms with Crippen LogP contribution >= 0.6 is 11.3 Å². The third-order valence-electron chi connectivity index (χ3n) is 5.56. The molecule has 0 N–H and O–H groups in total. The molecule has 2 saturated heterocycles. The zero-order valence-electron chi connectivity index (χ0n) is 14.9. The second-order valence-electron chi connectivity index (χ2n) is 7.38. The normalized spacial score (nSPS) is 24.6. The zero-order valence-corrected chi connectivity index (χ0v) is 15.8. The Bertz CT molecular complexity index is 769. The maximum absolute atomic E-state index is 13.2. The van der Waals surface area contributed by atoms with Crippen molar-refractivity contribution in [2.24, 2.45) is 12.5 Å². The van der Waals surface area contributed by atoms with Gasteiger partial charge in [0.15, 0.2) is 0 Å². The summed E-state index contributed by atoms with van der Waals surface area (Å²) >= 11 is 1.65. The van der Waals surface area contributed by atoms with Crippen molar-refractivity contribution < 1.29 is 4.79 Å². The van der Waals surface area contributed by atoms with Crippen molar-refractivity contribution in [3.63, 3.8) is 0 Å². The van der Waals surface area contributed by atoms with Gasteiger partial charge in [-0.1, -0.05) is 0 Å². The zero-order chi connectivity index (χ0) is 17.4. The van der Waals surface area contributed by atoms with Gasteiger partial charge in [0.2, 0.25) is 5.91 Å². The molecule has 4 rings (SSSR count). The largest absolute Gasteiger partial charge is 0.337 e. The van der Waals surface area contributed by atoms with Gasteiger partial charge in [-0.2, -0.15) is 0 Å². The fourth-order valence-corrected chi connectivity index (χ4v) is 4.81. The summed E-state index contributed by atoms with van der Waals surface area (Å²) < 4.78 is 2.06. The van der Waals surface area contributed by atoms with Crippen LogP contribution in [-0.4, -0.2) is 49.9 Å². The summed E-state index contributed by atoms with van der Waals surface area (Å²) in [4.78, 5) is 26.5. The first-order valence-corrected chi connectivity index (χ1v) is 9.83. The van der Waals surface area contributed by atoms with Gasteiger partial charge < -0.3 is 9.47 Å². The molecule has 1 unspecified atom stereocenters. The number of aryl methyl sites for hydroxylation is 2. The maximum atomic E-state index is 13.2. The number of aromatic nitrogens is 3. The van der Waals surface area contributed by atoms with Gasteiger partial charge in [-0.3, -0.25) is 9.69 Å². The van der Waals surface area contributed by atoms with Crippen molar-refractivity contribution in [2.75, 3.05) is 19.6 Å². The lowest BCUT2D eigenvalue weighted by Crippen LogP contribution is -2.47. The minimum atomic E-state index is -0.200. The van der Waals surface area contributed by atoms with E-state index < -0.39 is 0 Å². The van der Waals surface area contributed by atoms with Crippen molar-refractivity contribution in [2.45, 2.75) is 39.3 Å². The highest BCUT2D eigenvalue weighted by molar-refractivity contribution is 7.09. The quantitative estimate of drug-likeness (QED) is 0.840. The van der Waals surface area contributed by atoms with Crippen LogP contribution in [0.1, 0.15) is 35.8 Å². The van der Waals surface area contributed by atoms with Gasteiger partial charge in [0.1, 0.15) is 5.82 Å². The molecule has 2 aliphatic rings. The molecule has 25 heavy (non-hydrogen) atoms. The van der Waals surface area contributed by atoms with E-state index in [1.54, 1.807) is 11.3 Å². The lowest BCUT2D eigenvalue weighted by Gasteiger charge is -2.38. The van der Waals surface area contributed by atoms with Crippen LogP contribution in [-0.2, 0) is 24.9 Å².